The fraction of sp³-hybridized carbons (Fsp3) is 0.200. The van der Waals surface area contributed by atoms with Gasteiger partial charge in [0.1, 0.15) is 0 Å². The van der Waals surface area contributed by atoms with Crippen LogP contribution in [0.25, 0.3) is 11.1 Å². The van der Waals surface area contributed by atoms with Crippen molar-refractivity contribution in [3.05, 3.63) is 213 Å². The summed E-state index contributed by atoms with van der Waals surface area (Å²) < 4.78 is 25.4. The molecule has 2 aliphatic heterocycles. The molecular weight excluding hydrogens is 1050 g/mol. The molecule has 0 aliphatic carbocycles. The zero-order valence-electron chi connectivity index (χ0n) is 41.4. The Kier molecular flexibility index (Phi) is 17.4. The van der Waals surface area contributed by atoms with E-state index < -0.39 is 15.8 Å². The monoisotopic (exact) mass is 1110 g/mol. The molecule has 0 amide bonds. The first-order chi connectivity index (χ1) is 34.2. The van der Waals surface area contributed by atoms with E-state index in [1.807, 2.05) is 60.7 Å². The van der Waals surface area contributed by atoms with Crippen LogP contribution >= 0.6 is 35.2 Å². The molecule has 4 N–H and O–H groups in total. The standard InChI is InChI=1S/C46H44O4P2.C14H16N2.2ClH.Ru/c1-27-13-28(2)18-35(17-27)51(36-19-29(3)14-30(4)20-36)41-11-9-39-45(49-25-47-39)43(41)44-42(12-10-40-46(44)50-26-48-40)52(37-21-31(5)15-32(6)22-37)38-23-33(7)16-34(8)24-38;15-13(11-7-3-1-4-8-11)14(16)12-9-5-2-6-10-12;;;/h9-24H,25-26H2,1-8H3;1-10,13-14H,15-16H2;2*1H;/q;;;;+4/p-2/t;13-,14-;;;/m.1.../s1. The van der Waals surface area contributed by atoms with Gasteiger partial charge in [0.15, 0.2) is 23.0 Å². The van der Waals surface area contributed by atoms with Gasteiger partial charge < -0.3 is 30.4 Å². The average Bonchev–Trinajstić information content (AvgIpc) is 4.02. The maximum absolute atomic E-state index is 6.52. The van der Waals surface area contributed by atoms with Crippen LogP contribution in [0.3, 0.4) is 0 Å². The van der Waals surface area contributed by atoms with E-state index in [0.717, 1.165) is 45.3 Å². The summed E-state index contributed by atoms with van der Waals surface area (Å²) in [7, 11) is 7.60. The molecule has 0 fully saturated rings. The predicted molar refractivity (Wildman–Crippen MR) is 298 cm³/mol. The Morgan fingerprint density at radius 3 is 0.930 bits per heavy atom. The van der Waals surface area contributed by atoms with Crippen LogP contribution in [0.15, 0.2) is 158 Å². The molecule has 0 bridgehead atoms. The van der Waals surface area contributed by atoms with Crippen LogP contribution < -0.4 is 62.2 Å². The molecule has 71 heavy (non-hydrogen) atoms. The normalized spacial score (nSPS) is 13.0. The van der Waals surface area contributed by atoms with Gasteiger partial charge >= 0.3 is 34.5 Å². The summed E-state index contributed by atoms with van der Waals surface area (Å²) in [6.07, 6.45) is 0. The van der Waals surface area contributed by atoms with Crippen molar-refractivity contribution in [1.29, 1.82) is 0 Å². The molecule has 0 saturated heterocycles. The van der Waals surface area contributed by atoms with Gasteiger partial charge in [0.2, 0.25) is 13.6 Å². The summed E-state index contributed by atoms with van der Waals surface area (Å²) in [5, 5.41) is 7.61. The number of nitrogens with two attached hydrogens (primary N) is 2. The van der Waals surface area contributed by atoms with Crippen LogP contribution in [0.2, 0.25) is 0 Å². The second-order valence-corrected chi connectivity index (χ2v) is 25.4. The Morgan fingerprint density at radius 2 is 0.662 bits per heavy atom. The predicted octanol–water partition coefficient (Wildman–Crippen LogP) is 12.6. The van der Waals surface area contributed by atoms with E-state index >= 15 is 0 Å². The van der Waals surface area contributed by atoms with Gasteiger partial charge in [-0.25, -0.2) is 0 Å². The quantitative estimate of drug-likeness (QED) is 0.105. The molecular formula is C60H60Cl2N2O4P2Ru+2. The van der Waals surface area contributed by atoms with Crippen molar-refractivity contribution in [2.24, 2.45) is 11.5 Å². The van der Waals surface area contributed by atoms with E-state index in [1.54, 1.807) is 0 Å². The molecule has 0 aromatic heterocycles. The van der Waals surface area contributed by atoms with Gasteiger partial charge in [-0.15, -0.1) is 0 Å². The third-order valence-corrected chi connectivity index (χ3v) is 17.2. The Hall–Kier alpha value is -5.06. The number of fused-ring (bicyclic) bond motifs is 2. The second-order valence-electron chi connectivity index (χ2n) is 18.4. The van der Waals surface area contributed by atoms with Gasteiger partial charge in [0, 0.05) is 23.2 Å². The Labute approximate surface area is 438 Å². The van der Waals surface area contributed by atoms with Crippen molar-refractivity contribution in [2.45, 2.75) is 67.5 Å². The van der Waals surface area contributed by atoms with E-state index in [9.17, 15) is 0 Å². The van der Waals surface area contributed by atoms with Crippen molar-refractivity contribution in [2.75, 3.05) is 13.6 Å². The molecule has 11 heteroatoms. The van der Waals surface area contributed by atoms with E-state index in [4.69, 9.17) is 49.8 Å². The number of aryl methyl sites for hydroxylation is 8. The number of ether oxygens (including phenoxy) is 4. The van der Waals surface area contributed by atoms with E-state index in [1.165, 1.54) is 76.3 Å². The van der Waals surface area contributed by atoms with Gasteiger partial charge in [-0.2, -0.15) is 0 Å². The summed E-state index contributed by atoms with van der Waals surface area (Å²) in [4.78, 5) is 0. The average molecular weight is 1110 g/mol. The van der Waals surface area contributed by atoms with Crippen molar-refractivity contribution < 1.29 is 34.1 Å². The first-order valence-electron chi connectivity index (χ1n) is 23.5. The minimum absolute atomic E-state index is 0.163. The minimum atomic E-state index is -1.05. The number of benzene rings is 8. The summed E-state index contributed by atoms with van der Waals surface area (Å²) in [6, 6.07) is 56.2. The molecule has 2 heterocycles. The molecule has 0 saturated carbocycles. The fourth-order valence-electron chi connectivity index (χ4n) is 9.72. The molecule has 364 valence electrons. The maximum atomic E-state index is 6.52. The van der Waals surface area contributed by atoms with Crippen molar-refractivity contribution in [3.8, 4) is 34.1 Å². The van der Waals surface area contributed by atoms with Crippen LogP contribution in [0.5, 0.6) is 23.0 Å². The zero-order valence-corrected chi connectivity index (χ0v) is 46.4. The number of hydrogen-bond donors (Lipinski definition) is 2. The third-order valence-electron chi connectivity index (χ3n) is 12.4. The topological polar surface area (TPSA) is 89.0 Å². The first kappa shape index (κ1) is 52.3. The molecule has 0 unspecified atom stereocenters. The number of rotatable bonds is 10. The van der Waals surface area contributed by atoms with Crippen LogP contribution in [0.1, 0.15) is 67.7 Å². The van der Waals surface area contributed by atoms with E-state index in [2.05, 4.69) is 152 Å². The van der Waals surface area contributed by atoms with E-state index in [-0.39, 0.29) is 40.8 Å². The zero-order chi connectivity index (χ0) is 50.3. The number of hydrogen-bond acceptors (Lipinski definition) is 6. The van der Waals surface area contributed by atoms with Gasteiger partial charge in [-0.3, -0.25) is 0 Å². The molecule has 6 nitrogen and oxygen atoms in total. The fourth-order valence-corrected chi connectivity index (χ4v) is 15.4. The third kappa shape index (κ3) is 12.2. The summed E-state index contributed by atoms with van der Waals surface area (Å²) >= 11 is -0.346. The van der Waals surface area contributed by atoms with Crippen LogP contribution in [0, 0.1) is 55.4 Å². The van der Waals surface area contributed by atoms with Crippen molar-refractivity contribution in [1.82, 2.24) is 0 Å². The van der Waals surface area contributed by atoms with Crippen LogP contribution in [-0.4, -0.2) is 13.6 Å². The van der Waals surface area contributed by atoms with Crippen molar-refractivity contribution >= 4 is 67.1 Å². The summed E-state index contributed by atoms with van der Waals surface area (Å²) in [6.45, 7) is 17.9. The molecule has 8 aromatic rings. The number of halogens is 2. The Balaban J connectivity index is 0.000000298. The summed E-state index contributed by atoms with van der Waals surface area (Å²) in [5.74, 6) is 3.03. The molecule has 2 atom stereocenters. The van der Waals surface area contributed by atoms with E-state index in [0.29, 0.717) is 0 Å². The van der Waals surface area contributed by atoms with Crippen molar-refractivity contribution in [3.63, 3.8) is 0 Å². The summed E-state index contributed by atoms with van der Waals surface area (Å²) in [5.41, 5.74) is 26.5. The Morgan fingerprint density at radius 1 is 0.394 bits per heavy atom. The molecule has 0 radical (unpaired) electrons. The SMILES string of the molecule is Cc1cc(C)cc(P(c2cc(C)cc(C)c2)c2ccc3c(c2-c2c(P(c4cc(C)cc(C)c4)c4cc(C)cc(C)c4)ccc4c2OCO4)OCO3)c1.N[C@H](c1ccccc1)[C@H](N)c1ccccc1.[Cl][Ru+2][Cl]. The second kappa shape index (κ2) is 23.7. The Bertz CT molecular complexity index is 2760. The van der Waals surface area contributed by atoms with Crippen LogP contribution in [0.4, 0.5) is 0 Å². The van der Waals surface area contributed by atoms with Gasteiger partial charge in [-0.05, 0) is 138 Å². The first-order valence-corrected chi connectivity index (χ1v) is 30.6. The van der Waals surface area contributed by atoms with Gasteiger partial charge in [0.25, 0.3) is 0 Å². The molecule has 2 aliphatic rings. The molecule has 10 rings (SSSR count). The molecule has 8 aromatic carbocycles. The van der Waals surface area contributed by atoms with Gasteiger partial charge in [-0.1, -0.05) is 178 Å². The molecule has 0 spiro atoms. The van der Waals surface area contributed by atoms with Gasteiger partial charge in [0.05, 0.1) is 0 Å². The van der Waals surface area contributed by atoms with Crippen LogP contribution in [-0.2, 0) is 15.1 Å².